The molecule has 71 heavy (non-hydrogen) atoms. The van der Waals surface area contributed by atoms with Gasteiger partial charge in [0, 0.05) is 104 Å². The van der Waals surface area contributed by atoms with Crippen LogP contribution in [-0.2, 0) is 0 Å². The van der Waals surface area contributed by atoms with Crippen molar-refractivity contribution in [1.82, 2.24) is 19.5 Å². The van der Waals surface area contributed by atoms with E-state index in [2.05, 4.69) is 211 Å². The molecule has 0 fully saturated rings. The van der Waals surface area contributed by atoms with Crippen LogP contribution in [-0.4, -0.2) is 19.5 Å². The van der Waals surface area contributed by atoms with E-state index in [0.29, 0.717) is 17.5 Å². The van der Waals surface area contributed by atoms with Gasteiger partial charge >= 0.3 is 0 Å². The van der Waals surface area contributed by atoms with E-state index in [1.54, 1.807) is 22.7 Å². The SMILES string of the molecule is c1cc(-c2nc(-c3ccc4c(c3)sc3ccccc34)nc(-c3ccc4c(c3)sc3ccccc34)n2)c2c(c1)oc1ccc(-c3c(-n4c5ccccc5c5ccccc54)ccc4sc5ccccc5c34)cc12. The van der Waals surface area contributed by atoms with Crippen molar-refractivity contribution < 1.29 is 4.42 Å². The van der Waals surface area contributed by atoms with Gasteiger partial charge in [-0.05, 0) is 78.4 Å². The van der Waals surface area contributed by atoms with Gasteiger partial charge in [-0.1, -0.05) is 133 Å². The first-order valence-corrected chi connectivity index (χ1v) is 26.1. The summed E-state index contributed by atoms with van der Waals surface area (Å²) in [7, 11) is 0. The molecule has 0 N–H and O–H groups in total. The molecule has 16 rings (SSSR count). The molecule has 0 atom stereocenters. The second kappa shape index (κ2) is 15.0. The Kier molecular flexibility index (Phi) is 8.30. The van der Waals surface area contributed by atoms with Crippen LogP contribution in [0.1, 0.15) is 0 Å². The molecule has 0 unspecified atom stereocenters. The Hall–Kier alpha value is -8.53. The third-order valence-corrected chi connectivity index (χ3v) is 17.7. The minimum absolute atomic E-state index is 0.591. The van der Waals surface area contributed by atoms with Gasteiger partial charge in [0.05, 0.1) is 16.7 Å². The van der Waals surface area contributed by atoms with Gasteiger partial charge in [0.1, 0.15) is 11.2 Å². The van der Waals surface area contributed by atoms with Crippen LogP contribution in [0, 0.1) is 0 Å². The van der Waals surface area contributed by atoms with Gasteiger partial charge < -0.3 is 8.98 Å². The number of furan rings is 1. The first-order valence-electron chi connectivity index (χ1n) is 23.7. The Bertz CT molecular complexity index is 4730. The van der Waals surface area contributed by atoms with E-state index in [4.69, 9.17) is 19.4 Å². The molecule has 8 heteroatoms. The van der Waals surface area contributed by atoms with Crippen LogP contribution in [0.5, 0.6) is 0 Å². The van der Waals surface area contributed by atoms with Gasteiger partial charge in [-0.25, -0.2) is 15.0 Å². The van der Waals surface area contributed by atoms with Gasteiger partial charge in [0.15, 0.2) is 17.5 Å². The first-order chi connectivity index (χ1) is 35.2. The third-order valence-electron chi connectivity index (χ3n) is 14.3. The predicted molar refractivity (Wildman–Crippen MR) is 302 cm³/mol. The summed E-state index contributed by atoms with van der Waals surface area (Å²) in [5.74, 6) is 1.84. The highest BCUT2D eigenvalue weighted by Crippen LogP contribution is 2.47. The van der Waals surface area contributed by atoms with Crippen LogP contribution >= 0.6 is 34.0 Å². The van der Waals surface area contributed by atoms with Crippen molar-refractivity contribution in [2.75, 3.05) is 0 Å². The number of para-hydroxylation sites is 2. The maximum Gasteiger partial charge on any atom is 0.164 e. The van der Waals surface area contributed by atoms with Crippen molar-refractivity contribution in [1.29, 1.82) is 0 Å². The van der Waals surface area contributed by atoms with E-state index in [9.17, 15) is 0 Å². The maximum atomic E-state index is 6.78. The second-order valence-corrected chi connectivity index (χ2v) is 21.5. The Labute approximate surface area is 416 Å². The number of thiophene rings is 3. The van der Waals surface area contributed by atoms with Crippen molar-refractivity contribution in [3.8, 4) is 51.0 Å². The van der Waals surface area contributed by atoms with Crippen LogP contribution in [0.2, 0.25) is 0 Å². The van der Waals surface area contributed by atoms with Crippen LogP contribution in [0.4, 0.5) is 0 Å². The molecule has 0 spiro atoms. The van der Waals surface area contributed by atoms with Gasteiger partial charge in [-0.15, -0.1) is 34.0 Å². The van der Waals surface area contributed by atoms with Gasteiger partial charge in [0.2, 0.25) is 0 Å². The summed E-state index contributed by atoms with van der Waals surface area (Å²) in [4.78, 5) is 16.1. The molecule has 0 aliphatic rings. The smallest absolute Gasteiger partial charge is 0.164 e. The topological polar surface area (TPSA) is 56.7 Å². The average Bonchev–Trinajstić information content (AvgIpc) is 4.25. The van der Waals surface area contributed by atoms with Crippen molar-refractivity contribution in [3.05, 3.63) is 206 Å². The van der Waals surface area contributed by atoms with Gasteiger partial charge in [-0.2, -0.15) is 0 Å². The quantitative estimate of drug-likeness (QED) is 0.172. The first kappa shape index (κ1) is 39.3. The minimum atomic E-state index is 0.591. The monoisotopic (exact) mass is 958 g/mol. The Morgan fingerprint density at radius 1 is 0.324 bits per heavy atom. The van der Waals surface area contributed by atoms with Crippen LogP contribution < -0.4 is 0 Å². The molecule has 0 saturated carbocycles. The fourth-order valence-corrected chi connectivity index (χ4v) is 14.5. The van der Waals surface area contributed by atoms with E-state index >= 15 is 0 Å². The van der Waals surface area contributed by atoms with Gasteiger partial charge in [-0.3, -0.25) is 0 Å². The van der Waals surface area contributed by atoms with Crippen molar-refractivity contribution in [2.45, 2.75) is 0 Å². The predicted octanol–water partition coefficient (Wildman–Crippen LogP) is 18.6. The Morgan fingerprint density at radius 3 is 1.49 bits per heavy atom. The normalized spacial score (nSPS) is 12.2. The summed E-state index contributed by atoms with van der Waals surface area (Å²) in [5.41, 5.74) is 10.1. The summed E-state index contributed by atoms with van der Waals surface area (Å²) in [6.45, 7) is 0. The zero-order chi connectivity index (χ0) is 46.3. The molecule has 330 valence electrons. The van der Waals surface area contributed by atoms with E-state index < -0.39 is 0 Å². The lowest BCUT2D eigenvalue weighted by atomic mass is 9.95. The minimum Gasteiger partial charge on any atom is -0.456 e. The lowest BCUT2D eigenvalue weighted by Crippen LogP contribution is -2.00. The largest absolute Gasteiger partial charge is 0.456 e. The molecule has 10 aromatic carbocycles. The number of nitrogens with zero attached hydrogens (tertiary/aromatic N) is 4. The number of hydrogen-bond donors (Lipinski definition) is 0. The Morgan fingerprint density at radius 2 is 0.845 bits per heavy atom. The lowest BCUT2D eigenvalue weighted by Gasteiger charge is -2.16. The average molecular weight is 959 g/mol. The van der Waals surface area contributed by atoms with Crippen molar-refractivity contribution in [2.24, 2.45) is 0 Å². The fourth-order valence-electron chi connectivity index (χ4n) is 11.1. The summed E-state index contributed by atoms with van der Waals surface area (Å²) in [5, 5.41) is 11.9. The molecular formula is C63H34N4OS3. The molecular weight excluding hydrogens is 925 g/mol. The standard InChI is InChI=1S/C63H34N4OS3/c1-6-18-47-38(12-1)39-13-2-7-19-48(39)67(47)49-29-31-55-60(44-16-5-10-23-54(44)69-55)58(49)35-26-30-50-46(32-35)59-45(17-11-20-51(59)68-50)63-65-61(36-24-27-42-40-14-3-8-21-52(40)70-56(42)33-36)64-62(66-63)37-25-28-43-41-15-4-9-22-53(41)71-57(43)34-37/h1-34H. The maximum absolute atomic E-state index is 6.78. The number of hydrogen-bond acceptors (Lipinski definition) is 7. The molecule has 0 bridgehead atoms. The summed E-state index contributed by atoms with van der Waals surface area (Å²) < 4.78 is 16.7. The number of benzene rings is 10. The van der Waals surface area contributed by atoms with Crippen LogP contribution in [0.3, 0.4) is 0 Å². The fraction of sp³-hybridized carbons (Fsp3) is 0. The zero-order valence-electron chi connectivity index (χ0n) is 37.6. The molecule has 6 heterocycles. The van der Waals surface area contributed by atoms with Crippen LogP contribution in [0.15, 0.2) is 211 Å². The lowest BCUT2D eigenvalue weighted by molar-refractivity contribution is 0.669. The van der Waals surface area contributed by atoms with E-state index in [-0.39, 0.29) is 0 Å². The highest BCUT2D eigenvalue weighted by molar-refractivity contribution is 7.26. The second-order valence-electron chi connectivity index (χ2n) is 18.2. The van der Waals surface area contributed by atoms with Crippen molar-refractivity contribution in [3.63, 3.8) is 0 Å². The van der Waals surface area contributed by atoms with E-state index in [0.717, 1.165) is 49.9 Å². The zero-order valence-corrected chi connectivity index (χ0v) is 40.0. The summed E-state index contributed by atoms with van der Waals surface area (Å²) in [6.07, 6.45) is 0. The van der Waals surface area contributed by atoms with Gasteiger partial charge in [0.25, 0.3) is 0 Å². The molecule has 5 nitrogen and oxygen atoms in total. The van der Waals surface area contributed by atoms with Crippen LogP contribution in [0.25, 0.3) is 155 Å². The molecule has 0 radical (unpaired) electrons. The molecule has 0 amide bonds. The highest BCUT2D eigenvalue weighted by atomic mass is 32.1. The molecule has 0 saturated heterocycles. The van der Waals surface area contributed by atoms with E-state index in [1.807, 2.05) is 11.3 Å². The molecule has 0 aliphatic carbocycles. The summed E-state index contributed by atoms with van der Waals surface area (Å²) in [6, 6.07) is 74.3. The number of rotatable bonds is 5. The number of aromatic nitrogens is 4. The molecule has 0 aliphatic heterocycles. The molecule has 6 aromatic heterocycles. The number of fused-ring (bicyclic) bond motifs is 15. The summed E-state index contributed by atoms with van der Waals surface area (Å²) >= 11 is 5.44. The highest BCUT2D eigenvalue weighted by Gasteiger charge is 2.23. The van der Waals surface area contributed by atoms with E-state index in [1.165, 1.54) is 87.9 Å². The Balaban J connectivity index is 0.945. The van der Waals surface area contributed by atoms with Crippen molar-refractivity contribution >= 4 is 138 Å². The third kappa shape index (κ3) is 5.87. The molecule has 16 aromatic rings.